The molecular formula is C13H13NO3. The summed E-state index contributed by atoms with van der Waals surface area (Å²) in [7, 11) is 0. The maximum atomic E-state index is 11.9. The Morgan fingerprint density at radius 2 is 1.76 bits per heavy atom. The Hall–Kier alpha value is -1.68. The third-order valence-corrected chi connectivity index (χ3v) is 3.57. The lowest BCUT2D eigenvalue weighted by atomic mass is 10.1. The van der Waals surface area contributed by atoms with Crippen LogP contribution in [-0.4, -0.2) is 28.4 Å². The molecule has 0 radical (unpaired) electrons. The van der Waals surface area contributed by atoms with Gasteiger partial charge in [-0.1, -0.05) is 30.3 Å². The van der Waals surface area contributed by atoms with Gasteiger partial charge in [0.2, 0.25) is 11.8 Å². The number of nitrogens with zero attached hydrogens (tertiary/aromatic N) is 1. The summed E-state index contributed by atoms with van der Waals surface area (Å²) in [6.45, 7) is -0.221. The molecule has 1 saturated carbocycles. The van der Waals surface area contributed by atoms with Gasteiger partial charge in [0.25, 0.3) is 0 Å². The fourth-order valence-corrected chi connectivity index (χ4v) is 2.53. The zero-order chi connectivity index (χ0) is 12.0. The van der Waals surface area contributed by atoms with Crippen LogP contribution in [0.2, 0.25) is 0 Å². The zero-order valence-corrected chi connectivity index (χ0v) is 9.24. The second-order valence-corrected chi connectivity index (χ2v) is 4.60. The molecule has 0 bridgehead atoms. The molecule has 0 spiro atoms. The van der Waals surface area contributed by atoms with Crippen LogP contribution in [0.3, 0.4) is 0 Å². The first-order chi connectivity index (χ1) is 8.24. The molecule has 4 nitrogen and oxygen atoms in total. The summed E-state index contributed by atoms with van der Waals surface area (Å²) >= 11 is 0. The highest BCUT2D eigenvalue weighted by atomic mass is 16.3. The molecule has 1 saturated heterocycles. The summed E-state index contributed by atoms with van der Waals surface area (Å²) in [5.41, 5.74) is 0.804. The molecular weight excluding hydrogens is 218 g/mol. The molecule has 2 aliphatic rings. The lowest BCUT2D eigenvalue weighted by Gasteiger charge is -2.26. The molecule has 1 unspecified atom stereocenters. The molecule has 1 N–H and O–H groups in total. The van der Waals surface area contributed by atoms with Gasteiger partial charge in [-0.3, -0.25) is 14.5 Å². The number of hydrogen-bond donors (Lipinski definition) is 1. The van der Waals surface area contributed by atoms with E-state index >= 15 is 0 Å². The first-order valence-electron chi connectivity index (χ1n) is 5.76. The van der Waals surface area contributed by atoms with Crippen LogP contribution in [0.5, 0.6) is 0 Å². The Morgan fingerprint density at radius 1 is 1.18 bits per heavy atom. The van der Waals surface area contributed by atoms with Crippen LogP contribution < -0.4 is 0 Å². The lowest BCUT2D eigenvalue weighted by molar-refractivity contribution is -0.145. The average Bonchev–Trinajstić information content (AvgIpc) is 3.11. The van der Waals surface area contributed by atoms with Crippen molar-refractivity contribution in [3.05, 3.63) is 35.9 Å². The van der Waals surface area contributed by atoms with Crippen molar-refractivity contribution in [3.63, 3.8) is 0 Å². The average molecular weight is 231 g/mol. The Kier molecular flexibility index (Phi) is 2.26. The fraction of sp³-hybridized carbons (Fsp3) is 0.385. The minimum atomic E-state index is -0.524. The number of benzene rings is 1. The van der Waals surface area contributed by atoms with E-state index in [1.165, 1.54) is 4.90 Å². The number of likely N-dealkylation sites (tertiary alicyclic amines) is 1. The number of aliphatic hydroxyl groups excluding tert-OH is 1. The molecule has 1 aliphatic carbocycles. The topological polar surface area (TPSA) is 57.6 Å². The molecule has 2 fully saturated rings. The third-order valence-electron chi connectivity index (χ3n) is 3.57. The van der Waals surface area contributed by atoms with Crippen molar-refractivity contribution in [2.45, 2.75) is 12.5 Å². The van der Waals surface area contributed by atoms with Crippen LogP contribution in [-0.2, 0) is 9.59 Å². The molecule has 4 heteroatoms. The van der Waals surface area contributed by atoms with Gasteiger partial charge >= 0.3 is 0 Å². The Labute approximate surface area is 98.9 Å². The molecule has 3 rings (SSSR count). The van der Waals surface area contributed by atoms with Gasteiger partial charge in [0.1, 0.15) is 0 Å². The minimum absolute atomic E-state index is 0.111. The number of rotatable bonds is 3. The highest BCUT2D eigenvalue weighted by Crippen LogP contribution is 2.49. The summed E-state index contributed by atoms with van der Waals surface area (Å²) < 4.78 is 0. The predicted molar refractivity (Wildman–Crippen MR) is 59.7 cm³/mol. The van der Waals surface area contributed by atoms with Gasteiger partial charge in [-0.2, -0.15) is 0 Å². The molecule has 1 heterocycles. The predicted octanol–water partition coefficient (Wildman–Crippen LogP) is 0.725. The summed E-state index contributed by atoms with van der Waals surface area (Å²) in [5.74, 6) is -0.466. The van der Waals surface area contributed by atoms with E-state index in [1.807, 2.05) is 30.3 Å². The van der Waals surface area contributed by atoms with E-state index in [1.54, 1.807) is 0 Å². The first kappa shape index (κ1) is 10.5. The smallest absolute Gasteiger partial charge is 0.233 e. The molecule has 17 heavy (non-hydrogen) atoms. The van der Waals surface area contributed by atoms with E-state index in [9.17, 15) is 14.7 Å². The van der Waals surface area contributed by atoms with Gasteiger partial charge in [0.05, 0.1) is 24.5 Å². The van der Waals surface area contributed by atoms with Crippen LogP contribution in [0.1, 0.15) is 18.0 Å². The number of aliphatic hydroxyl groups is 1. The van der Waals surface area contributed by atoms with Crippen molar-refractivity contribution in [2.24, 2.45) is 11.8 Å². The van der Waals surface area contributed by atoms with Crippen molar-refractivity contribution in [1.29, 1.82) is 0 Å². The fourth-order valence-electron chi connectivity index (χ4n) is 2.53. The maximum Gasteiger partial charge on any atom is 0.233 e. The van der Waals surface area contributed by atoms with Crippen molar-refractivity contribution in [1.82, 2.24) is 4.90 Å². The number of piperidine rings is 1. The molecule has 1 aromatic carbocycles. The largest absolute Gasteiger partial charge is 0.394 e. The first-order valence-corrected chi connectivity index (χ1v) is 5.76. The van der Waals surface area contributed by atoms with E-state index in [2.05, 4.69) is 0 Å². The quantitative estimate of drug-likeness (QED) is 0.780. The zero-order valence-electron chi connectivity index (χ0n) is 9.24. The van der Waals surface area contributed by atoms with Crippen molar-refractivity contribution in [3.8, 4) is 0 Å². The second kappa shape index (κ2) is 3.67. The van der Waals surface area contributed by atoms with E-state index in [-0.39, 0.29) is 30.3 Å². The van der Waals surface area contributed by atoms with Gasteiger partial charge in [-0.05, 0) is 12.0 Å². The van der Waals surface area contributed by atoms with Gasteiger partial charge in [-0.25, -0.2) is 0 Å². The van der Waals surface area contributed by atoms with Crippen LogP contribution in [0.15, 0.2) is 30.3 Å². The number of carbonyl (C=O) groups excluding carboxylic acids is 2. The monoisotopic (exact) mass is 231 g/mol. The third kappa shape index (κ3) is 1.48. The molecule has 88 valence electrons. The molecule has 0 aromatic heterocycles. The van der Waals surface area contributed by atoms with Crippen LogP contribution in [0.25, 0.3) is 0 Å². The van der Waals surface area contributed by atoms with Crippen molar-refractivity contribution < 1.29 is 14.7 Å². The van der Waals surface area contributed by atoms with Gasteiger partial charge < -0.3 is 5.11 Å². The normalized spacial score (nSPS) is 28.2. The number of hydrogen-bond acceptors (Lipinski definition) is 3. The number of amides is 2. The van der Waals surface area contributed by atoms with Crippen molar-refractivity contribution in [2.75, 3.05) is 6.61 Å². The minimum Gasteiger partial charge on any atom is -0.394 e. The lowest BCUT2D eigenvalue weighted by Crippen LogP contribution is -2.38. The number of carbonyl (C=O) groups is 2. The maximum absolute atomic E-state index is 11.9. The summed E-state index contributed by atoms with van der Waals surface area (Å²) in [6, 6.07) is 8.66. The van der Waals surface area contributed by atoms with Gasteiger partial charge in [0, 0.05) is 0 Å². The van der Waals surface area contributed by atoms with Gasteiger partial charge in [0.15, 0.2) is 0 Å². The molecule has 1 aliphatic heterocycles. The van der Waals surface area contributed by atoms with E-state index in [4.69, 9.17) is 0 Å². The van der Waals surface area contributed by atoms with Crippen LogP contribution >= 0.6 is 0 Å². The standard InChI is InChI=1S/C13H13NO3/c15-7-11(8-4-2-1-3-5-8)14-12(16)9-6-10(9)13(14)17/h1-5,9-11,15H,6-7H2/t9-,10+,11?. The highest BCUT2D eigenvalue weighted by molar-refractivity contribution is 6.09. The Bertz CT molecular complexity index is 451. The second-order valence-electron chi connectivity index (χ2n) is 4.60. The SMILES string of the molecule is O=C1[C@H]2C[C@H]2C(=O)N1C(CO)c1ccccc1. The summed E-state index contributed by atoms with van der Waals surface area (Å²) in [6.07, 6.45) is 0.696. The summed E-state index contributed by atoms with van der Waals surface area (Å²) in [5, 5.41) is 9.43. The highest BCUT2D eigenvalue weighted by Gasteiger charge is 2.60. The van der Waals surface area contributed by atoms with Crippen molar-refractivity contribution >= 4 is 11.8 Å². The van der Waals surface area contributed by atoms with Crippen LogP contribution in [0.4, 0.5) is 0 Å². The van der Waals surface area contributed by atoms with Gasteiger partial charge in [-0.15, -0.1) is 0 Å². The molecule has 2 amide bonds. The molecule has 3 atom stereocenters. The van der Waals surface area contributed by atoms with E-state index < -0.39 is 6.04 Å². The van der Waals surface area contributed by atoms with Crippen LogP contribution in [0, 0.1) is 11.8 Å². The van der Waals surface area contributed by atoms with E-state index in [0.29, 0.717) is 6.42 Å². The Morgan fingerprint density at radius 3 is 2.29 bits per heavy atom. The van der Waals surface area contributed by atoms with E-state index in [0.717, 1.165) is 5.56 Å². The number of imide groups is 1. The summed E-state index contributed by atoms with van der Waals surface area (Å²) in [4.78, 5) is 25.1. The number of fused-ring (bicyclic) bond motifs is 1. The molecule has 1 aromatic rings. The Balaban J connectivity index is 1.92.